The lowest BCUT2D eigenvalue weighted by Gasteiger charge is -2.25. The first kappa shape index (κ1) is 25.2. The smallest absolute Gasteiger partial charge is 0.264 e. The minimum atomic E-state index is -4.14. The van der Waals surface area contributed by atoms with Crippen molar-refractivity contribution in [2.24, 2.45) is 0 Å². The van der Waals surface area contributed by atoms with E-state index in [-0.39, 0.29) is 10.9 Å². The van der Waals surface area contributed by atoms with E-state index in [9.17, 15) is 17.6 Å². The van der Waals surface area contributed by atoms with E-state index in [0.29, 0.717) is 18.0 Å². The number of amides is 1. The molecular weight excluding hydrogens is 455 g/mol. The van der Waals surface area contributed by atoms with Crippen LogP contribution in [0.2, 0.25) is 0 Å². The highest BCUT2D eigenvalue weighted by molar-refractivity contribution is 7.92. The van der Waals surface area contributed by atoms with Crippen LogP contribution in [0.4, 0.5) is 10.1 Å². The molecule has 0 saturated heterocycles. The van der Waals surface area contributed by atoms with Crippen LogP contribution in [0.3, 0.4) is 0 Å². The van der Waals surface area contributed by atoms with Gasteiger partial charge in [-0.2, -0.15) is 0 Å². The molecule has 0 fully saturated rings. The number of benzene rings is 3. The molecule has 1 atom stereocenters. The van der Waals surface area contributed by atoms with Crippen LogP contribution in [0.1, 0.15) is 36.6 Å². The molecule has 3 rings (SSSR count). The summed E-state index contributed by atoms with van der Waals surface area (Å²) in [5.74, 6) is -0.435. The Bertz CT molecular complexity index is 1240. The van der Waals surface area contributed by atoms with Gasteiger partial charge in [0.15, 0.2) is 0 Å². The van der Waals surface area contributed by atoms with Crippen LogP contribution in [-0.4, -0.2) is 27.5 Å². The number of sulfonamides is 1. The van der Waals surface area contributed by atoms with Crippen molar-refractivity contribution in [3.05, 3.63) is 89.2 Å². The van der Waals surface area contributed by atoms with Crippen molar-refractivity contribution in [2.75, 3.05) is 17.5 Å². The molecule has 1 amide bonds. The molecule has 3 aromatic rings. The largest absolute Gasteiger partial charge is 0.494 e. The molecule has 0 spiro atoms. The van der Waals surface area contributed by atoms with Crippen molar-refractivity contribution in [3.63, 3.8) is 0 Å². The lowest BCUT2D eigenvalue weighted by molar-refractivity contribution is -0.120. The first-order chi connectivity index (χ1) is 16.1. The standard InChI is InChI=1S/C26H29FN2O4S/c1-5-33-24-12-10-23(11-13-24)29(34(31,32)25-14-8-22(27)9-15-25)17-26(30)28-20(4)21-7-6-18(2)19(3)16-21/h6-16,20H,5,17H2,1-4H3,(H,28,30). The molecule has 0 aliphatic carbocycles. The van der Waals surface area contributed by atoms with E-state index in [2.05, 4.69) is 5.32 Å². The van der Waals surface area contributed by atoms with Crippen molar-refractivity contribution < 1.29 is 22.3 Å². The minimum Gasteiger partial charge on any atom is -0.494 e. The van der Waals surface area contributed by atoms with Crippen LogP contribution in [0, 0.1) is 19.7 Å². The van der Waals surface area contributed by atoms with E-state index in [0.717, 1.165) is 33.1 Å². The summed E-state index contributed by atoms with van der Waals surface area (Å²) in [4.78, 5) is 12.8. The summed E-state index contributed by atoms with van der Waals surface area (Å²) < 4.78 is 46.7. The number of aryl methyl sites for hydroxylation is 2. The van der Waals surface area contributed by atoms with Gasteiger partial charge in [0.1, 0.15) is 18.1 Å². The highest BCUT2D eigenvalue weighted by atomic mass is 32.2. The number of hydrogen-bond donors (Lipinski definition) is 1. The summed E-state index contributed by atoms with van der Waals surface area (Å²) in [6.07, 6.45) is 0. The fraction of sp³-hybridized carbons (Fsp3) is 0.269. The monoisotopic (exact) mass is 484 g/mol. The van der Waals surface area contributed by atoms with Gasteiger partial charge in [0, 0.05) is 0 Å². The second kappa shape index (κ2) is 10.7. The predicted molar refractivity (Wildman–Crippen MR) is 131 cm³/mol. The second-order valence-electron chi connectivity index (χ2n) is 8.03. The van der Waals surface area contributed by atoms with Crippen molar-refractivity contribution in [3.8, 4) is 5.75 Å². The maximum absolute atomic E-state index is 13.4. The summed E-state index contributed by atoms with van der Waals surface area (Å²) in [7, 11) is -4.14. The maximum atomic E-state index is 13.4. The van der Waals surface area contributed by atoms with Gasteiger partial charge < -0.3 is 10.1 Å². The third-order valence-electron chi connectivity index (χ3n) is 5.53. The Morgan fingerprint density at radius 3 is 2.24 bits per heavy atom. The number of nitrogens with zero attached hydrogens (tertiary/aromatic N) is 1. The Hall–Kier alpha value is -3.39. The number of nitrogens with one attached hydrogen (secondary N) is 1. The molecule has 0 bridgehead atoms. The van der Waals surface area contributed by atoms with Gasteiger partial charge in [0.2, 0.25) is 5.91 Å². The Kier molecular flexibility index (Phi) is 7.94. The lowest BCUT2D eigenvalue weighted by atomic mass is 10.0. The fourth-order valence-electron chi connectivity index (χ4n) is 3.46. The Morgan fingerprint density at radius 2 is 1.65 bits per heavy atom. The highest BCUT2D eigenvalue weighted by Gasteiger charge is 2.28. The number of anilines is 1. The lowest BCUT2D eigenvalue weighted by Crippen LogP contribution is -2.41. The number of rotatable bonds is 9. The van der Waals surface area contributed by atoms with Gasteiger partial charge in [0.25, 0.3) is 10.0 Å². The van der Waals surface area contributed by atoms with Crippen LogP contribution >= 0.6 is 0 Å². The molecule has 0 aromatic heterocycles. The van der Waals surface area contributed by atoms with E-state index in [4.69, 9.17) is 4.74 Å². The van der Waals surface area contributed by atoms with Crippen LogP contribution in [-0.2, 0) is 14.8 Å². The molecule has 34 heavy (non-hydrogen) atoms. The van der Waals surface area contributed by atoms with Crippen molar-refractivity contribution in [1.82, 2.24) is 5.32 Å². The van der Waals surface area contributed by atoms with Crippen LogP contribution in [0.15, 0.2) is 71.6 Å². The summed E-state index contributed by atoms with van der Waals surface area (Å²) in [6, 6.07) is 16.6. The maximum Gasteiger partial charge on any atom is 0.264 e. The van der Waals surface area contributed by atoms with E-state index < -0.39 is 28.3 Å². The molecule has 0 heterocycles. The van der Waals surface area contributed by atoms with Gasteiger partial charge in [-0.1, -0.05) is 18.2 Å². The van der Waals surface area contributed by atoms with Gasteiger partial charge >= 0.3 is 0 Å². The van der Waals surface area contributed by atoms with Gasteiger partial charge in [0.05, 0.1) is 23.2 Å². The summed E-state index contributed by atoms with van der Waals surface area (Å²) >= 11 is 0. The molecule has 1 unspecified atom stereocenters. The average Bonchev–Trinajstić information content (AvgIpc) is 2.80. The molecule has 0 radical (unpaired) electrons. The number of carbonyl (C=O) groups excluding carboxylic acids is 1. The Labute approximate surface area is 200 Å². The number of halogens is 1. The molecule has 180 valence electrons. The van der Waals surface area contributed by atoms with Gasteiger partial charge in [-0.15, -0.1) is 0 Å². The van der Waals surface area contributed by atoms with Gasteiger partial charge in [-0.05, 0) is 92.9 Å². The minimum absolute atomic E-state index is 0.113. The molecular formula is C26H29FN2O4S. The molecule has 8 heteroatoms. The number of hydrogen-bond acceptors (Lipinski definition) is 4. The SMILES string of the molecule is CCOc1ccc(N(CC(=O)NC(C)c2ccc(C)c(C)c2)S(=O)(=O)c2ccc(F)cc2)cc1. The molecule has 0 saturated carbocycles. The summed E-state index contributed by atoms with van der Waals surface area (Å²) in [6.45, 7) is 7.73. The van der Waals surface area contributed by atoms with Crippen LogP contribution in [0.25, 0.3) is 0 Å². The zero-order valence-electron chi connectivity index (χ0n) is 19.7. The second-order valence-corrected chi connectivity index (χ2v) is 9.89. The topological polar surface area (TPSA) is 75.7 Å². The zero-order valence-corrected chi connectivity index (χ0v) is 20.5. The van der Waals surface area contributed by atoms with Crippen molar-refractivity contribution in [2.45, 2.75) is 38.6 Å². The zero-order chi connectivity index (χ0) is 24.9. The van der Waals surface area contributed by atoms with E-state index in [1.807, 2.05) is 45.9 Å². The van der Waals surface area contributed by atoms with Gasteiger partial charge in [-0.25, -0.2) is 12.8 Å². The summed E-state index contributed by atoms with van der Waals surface area (Å²) in [5, 5.41) is 2.88. The fourth-order valence-corrected chi connectivity index (χ4v) is 4.88. The molecule has 0 aliphatic rings. The Morgan fingerprint density at radius 1 is 1.00 bits per heavy atom. The molecule has 3 aromatic carbocycles. The highest BCUT2D eigenvalue weighted by Crippen LogP contribution is 2.26. The number of carbonyl (C=O) groups is 1. The molecule has 6 nitrogen and oxygen atoms in total. The van der Waals surface area contributed by atoms with Gasteiger partial charge in [-0.3, -0.25) is 9.10 Å². The quantitative estimate of drug-likeness (QED) is 0.468. The van der Waals surface area contributed by atoms with Crippen LogP contribution in [0.5, 0.6) is 5.75 Å². The van der Waals surface area contributed by atoms with Crippen LogP contribution < -0.4 is 14.4 Å². The Balaban J connectivity index is 1.89. The first-order valence-corrected chi connectivity index (χ1v) is 12.4. The molecule has 1 N–H and O–H groups in total. The molecule has 0 aliphatic heterocycles. The van der Waals surface area contributed by atoms with E-state index >= 15 is 0 Å². The average molecular weight is 485 g/mol. The summed E-state index contributed by atoms with van der Waals surface area (Å²) in [5.41, 5.74) is 3.47. The normalized spacial score (nSPS) is 12.1. The third kappa shape index (κ3) is 5.94. The predicted octanol–water partition coefficient (Wildman–Crippen LogP) is 4.91. The number of ether oxygens (including phenoxy) is 1. The van der Waals surface area contributed by atoms with Crippen molar-refractivity contribution >= 4 is 21.6 Å². The van der Waals surface area contributed by atoms with Crippen molar-refractivity contribution in [1.29, 1.82) is 0 Å². The first-order valence-electron chi connectivity index (χ1n) is 11.0. The van der Waals surface area contributed by atoms with E-state index in [1.54, 1.807) is 24.3 Å². The van der Waals surface area contributed by atoms with E-state index in [1.165, 1.54) is 12.1 Å². The third-order valence-corrected chi connectivity index (χ3v) is 7.32.